The molecule has 3 heterocycles. The van der Waals surface area contributed by atoms with Gasteiger partial charge >= 0.3 is 0 Å². The fourth-order valence-corrected chi connectivity index (χ4v) is 6.50. The lowest BCUT2D eigenvalue weighted by molar-refractivity contribution is -0.120. The Morgan fingerprint density at radius 3 is 2.56 bits per heavy atom. The highest BCUT2D eigenvalue weighted by atomic mass is 32.2. The van der Waals surface area contributed by atoms with Gasteiger partial charge in [-0.3, -0.25) is 4.79 Å². The normalized spacial score (nSPS) is 18.9. The average Bonchev–Trinajstić information content (AvgIpc) is 3.46. The highest BCUT2D eigenvalue weighted by Crippen LogP contribution is 2.28. The fraction of sp³-hybridized carbons (Fsp3) is 0.407. The molecule has 2 saturated heterocycles. The zero-order chi connectivity index (χ0) is 25.1. The van der Waals surface area contributed by atoms with Gasteiger partial charge in [-0.2, -0.15) is 4.31 Å². The van der Waals surface area contributed by atoms with Crippen molar-refractivity contribution in [3.05, 3.63) is 54.6 Å². The van der Waals surface area contributed by atoms with E-state index in [1.165, 1.54) is 0 Å². The summed E-state index contributed by atoms with van der Waals surface area (Å²) in [6.07, 6.45) is 3.54. The number of hydrogen-bond donors (Lipinski definition) is 1. The van der Waals surface area contributed by atoms with Gasteiger partial charge in [0.1, 0.15) is 11.6 Å². The van der Waals surface area contributed by atoms with Gasteiger partial charge in [-0.25, -0.2) is 13.4 Å². The van der Waals surface area contributed by atoms with Crippen LogP contribution in [0.1, 0.15) is 32.6 Å². The van der Waals surface area contributed by atoms with Crippen LogP contribution in [0.15, 0.2) is 59.5 Å². The molecule has 1 aromatic heterocycles. The van der Waals surface area contributed by atoms with Crippen LogP contribution in [0.4, 0.5) is 11.5 Å². The molecule has 36 heavy (non-hydrogen) atoms. The number of carbonyl (C=O) groups excluding carboxylic acids is 1. The molecule has 0 saturated carbocycles. The maximum absolute atomic E-state index is 13.0. The number of fused-ring (bicyclic) bond motifs is 1. The van der Waals surface area contributed by atoms with Crippen molar-refractivity contribution in [2.75, 3.05) is 43.0 Å². The standard InChI is InChI=1S/C27H32N4O4S/c1-2-35-23-10-8-22(9-11-23)28-27(32)21-6-5-15-30(19-21)26-14-7-20-18-24(12-13-25(20)29-26)36(33,34)31-16-3-4-17-31/h7-14,18,21H,2-6,15-17,19H2,1H3,(H,28,32). The van der Waals surface area contributed by atoms with Gasteiger partial charge in [0.25, 0.3) is 0 Å². The summed E-state index contributed by atoms with van der Waals surface area (Å²) < 4.78 is 32.9. The zero-order valence-corrected chi connectivity index (χ0v) is 21.3. The molecular formula is C27H32N4O4S. The summed E-state index contributed by atoms with van der Waals surface area (Å²) in [6.45, 7) is 5.12. The summed E-state index contributed by atoms with van der Waals surface area (Å²) in [5.74, 6) is 1.44. The number of piperidine rings is 1. The quantitative estimate of drug-likeness (QED) is 0.512. The summed E-state index contributed by atoms with van der Waals surface area (Å²) in [6, 6.07) is 16.4. The molecule has 2 aliphatic rings. The minimum Gasteiger partial charge on any atom is -0.494 e. The fourth-order valence-electron chi connectivity index (χ4n) is 4.95. The van der Waals surface area contributed by atoms with Crippen LogP contribution in [-0.4, -0.2) is 56.4 Å². The van der Waals surface area contributed by atoms with Crippen molar-refractivity contribution >= 4 is 38.3 Å². The van der Waals surface area contributed by atoms with Crippen LogP contribution in [0.25, 0.3) is 10.9 Å². The monoisotopic (exact) mass is 508 g/mol. The molecule has 1 amide bonds. The number of amides is 1. The van der Waals surface area contributed by atoms with E-state index in [4.69, 9.17) is 9.72 Å². The Balaban J connectivity index is 1.27. The third kappa shape index (κ3) is 5.17. The number of hydrogen-bond acceptors (Lipinski definition) is 6. The molecule has 3 aromatic rings. The lowest BCUT2D eigenvalue weighted by Gasteiger charge is -2.33. The molecule has 0 aliphatic carbocycles. The Bertz CT molecular complexity index is 1340. The molecule has 1 N–H and O–H groups in total. The Labute approximate surface area is 212 Å². The topological polar surface area (TPSA) is 91.8 Å². The summed E-state index contributed by atoms with van der Waals surface area (Å²) in [7, 11) is -3.47. The van der Waals surface area contributed by atoms with Gasteiger partial charge in [0.2, 0.25) is 15.9 Å². The van der Waals surface area contributed by atoms with E-state index in [9.17, 15) is 13.2 Å². The smallest absolute Gasteiger partial charge is 0.243 e. The van der Waals surface area contributed by atoms with Crippen LogP contribution in [0, 0.1) is 5.92 Å². The molecule has 8 nitrogen and oxygen atoms in total. The van der Waals surface area contributed by atoms with E-state index in [0.29, 0.717) is 31.1 Å². The average molecular weight is 509 g/mol. The van der Waals surface area contributed by atoms with Gasteiger partial charge in [-0.1, -0.05) is 0 Å². The molecule has 1 unspecified atom stereocenters. The SMILES string of the molecule is CCOc1ccc(NC(=O)C2CCCN(c3ccc4cc(S(=O)(=O)N5CCCC5)ccc4n3)C2)cc1. The van der Waals surface area contributed by atoms with Gasteiger partial charge in [0.15, 0.2) is 0 Å². The van der Waals surface area contributed by atoms with E-state index in [2.05, 4.69) is 10.2 Å². The van der Waals surface area contributed by atoms with E-state index in [-0.39, 0.29) is 11.8 Å². The van der Waals surface area contributed by atoms with Crippen LogP contribution in [0.3, 0.4) is 0 Å². The molecule has 2 aliphatic heterocycles. The van der Waals surface area contributed by atoms with Gasteiger partial charge in [-0.15, -0.1) is 0 Å². The first kappa shape index (κ1) is 24.5. The Hall–Kier alpha value is -3.17. The Kier molecular flexibility index (Phi) is 7.11. The number of ether oxygens (including phenoxy) is 1. The number of aromatic nitrogens is 1. The van der Waals surface area contributed by atoms with Crippen molar-refractivity contribution in [3.8, 4) is 5.75 Å². The first-order valence-electron chi connectivity index (χ1n) is 12.6. The lowest BCUT2D eigenvalue weighted by Crippen LogP contribution is -2.41. The van der Waals surface area contributed by atoms with Gasteiger partial charge in [-0.05, 0) is 87.2 Å². The van der Waals surface area contributed by atoms with Crippen LogP contribution in [0.2, 0.25) is 0 Å². The van der Waals surface area contributed by atoms with Crippen LogP contribution in [-0.2, 0) is 14.8 Å². The molecule has 9 heteroatoms. The van der Waals surface area contributed by atoms with Crippen molar-refractivity contribution in [1.29, 1.82) is 0 Å². The van der Waals surface area contributed by atoms with E-state index < -0.39 is 10.0 Å². The van der Waals surface area contributed by atoms with E-state index >= 15 is 0 Å². The molecule has 0 radical (unpaired) electrons. The second kappa shape index (κ2) is 10.4. The lowest BCUT2D eigenvalue weighted by atomic mass is 9.97. The summed E-state index contributed by atoms with van der Waals surface area (Å²) >= 11 is 0. The molecule has 1 atom stereocenters. The van der Waals surface area contributed by atoms with Crippen molar-refractivity contribution in [2.24, 2.45) is 5.92 Å². The van der Waals surface area contributed by atoms with Crippen molar-refractivity contribution < 1.29 is 17.9 Å². The summed E-state index contributed by atoms with van der Waals surface area (Å²) in [4.78, 5) is 20.2. The largest absolute Gasteiger partial charge is 0.494 e. The number of anilines is 2. The van der Waals surface area contributed by atoms with Gasteiger partial charge in [0, 0.05) is 37.3 Å². The number of nitrogens with zero attached hydrogens (tertiary/aromatic N) is 3. The second-order valence-corrected chi connectivity index (χ2v) is 11.3. The minimum atomic E-state index is -3.47. The number of benzene rings is 2. The van der Waals surface area contributed by atoms with E-state index in [1.807, 2.05) is 43.3 Å². The number of carbonyl (C=O) groups is 1. The second-order valence-electron chi connectivity index (χ2n) is 9.37. The maximum Gasteiger partial charge on any atom is 0.243 e. The highest BCUT2D eigenvalue weighted by molar-refractivity contribution is 7.89. The van der Waals surface area contributed by atoms with Crippen molar-refractivity contribution in [1.82, 2.24) is 9.29 Å². The van der Waals surface area contributed by atoms with Crippen LogP contribution in [0.5, 0.6) is 5.75 Å². The first-order chi connectivity index (χ1) is 17.4. The predicted molar refractivity (Wildman–Crippen MR) is 141 cm³/mol. The molecule has 5 rings (SSSR count). The molecule has 190 valence electrons. The van der Waals surface area contributed by atoms with Gasteiger partial charge in [0.05, 0.1) is 22.9 Å². The van der Waals surface area contributed by atoms with Crippen molar-refractivity contribution in [2.45, 2.75) is 37.5 Å². The molecule has 0 bridgehead atoms. The predicted octanol–water partition coefficient (Wildman–Crippen LogP) is 4.27. The number of nitrogens with one attached hydrogen (secondary N) is 1. The molecular weight excluding hydrogens is 476 g/mol. The molecule has 2 aromatic carbocycles. The van der Waals surface area contributed by atoms with Gasteiger partial charge < -0.3 is 15.0 Å². The molecule has 2 fully saturated rings. The van der Waals surface area contributed by atoms with E-state index in [0.717, 1.165) is 60.4 Å². The Morgan fingerprint density at radius 2 is 1.81 bits per heavy atom. The number of rotatable bonds is 7. The Morgan fingerprint density at radius 1 is 1.03 bits per heavy atom. The van der Waals surface area contributed by atoms with E-state index in [1.54, 1.807) is 22.5 Å². The first-order valence-corrected chi connectivity index (χ1v) is 14.1. The summed E-state index contributed by atoms with van der Waals surface area (Å²) in [5.41, 5.74) is 1.50. The van der Waals surface area contributed by atoms with Crippen LogP contribution < -0.4 is 15.0 Å². The van der Waals surface area contributed by atoms with Crippen molar-refractivity contribution in [3.63, 3.8) is 0 Å². The summed E-state index contributed by atoms with van der Waals surface area (Å²) in [5, 5.41) is 3.82. The third-order valence-electron chi connectivity index (χ3n) is 6.90. The third-order valence-corrected chi connectivity index (χ3v) is 8.79. The van der Waals surface area contributed by atoms with Crippen LogP contribution >= 0.6 is 0 Å². The number of sulfonamides is 1. The minimum absolute atomic E-state index is 0.00131. The molecule has 0 spiro atoms. The highest BCUT2D eigenvalue weighted by Gasteiger charge is 2.28. The zero-order valence-electron chi connectivity index (χ0n) is 20.5. The number of pyridine rings is 1. The maximum atomic E-state index is 13.0.